The van der Waals surface area contributed by atoms with E-state index in [1.165, 1.54) is 12.1 Å². The fraction of sp³-hybridized carbons (Fsp3) is 0.364. The average Bonchev–Trinajstić information content (AvgIpc) is 2.78. The van der Waals surface area contributed by atoms with Crippen molar-refractivity contribution in [3.8, 4) is 0 Å². The molecule has 0 aromatic heterocycles. The quantitative estimate of drug-likeness (QED) is 0.687. The number of benzene rings is 2. The lowest BCUT2D eigenvalue weighted by molar-refractivity contribution is -0.126. The molecule has 0 bridgehead atoms. The summed E-state index contributed by atoms with van der Waals surface area (Å²) in [6, 6.07) is 13.2. The minimum absolute atomic E-state index is 0.0491. The van der Waals surface area contributed by atoms with Crippen molar-refractivity contribution < 1.29 is 18.0 Å². The summed E-state index contributed by atoms with van der Waals surface area (Å²) in [6.45, 7) is 6.15. The van der Waals surface area contributed by atoms with Gasteiger partial charge in [-0.1, -0.05) is 24.3 Å². The van der Waals surface area contributed by atoms with Crippen LogP contribution in [-0.4, -0.2) is 37.6 Å². The second-order valence-electron chi connectivity index (χ2n) is 8.18. The summed E-state index contributed by atoms with van der Waals surface area (Å²) >= 11 is 1.64. The van der Waals surface area contributed by atoms with Crippen LogP contribution in [0.3, 0.4) is 0 Å². The van der Waals surface area contributed by atoms with Crippen molar-refractivity contribution in [2.24, 2.45) is 5.14 Å². The van der Waals surface area contributed by atoms with Crippen molar-refractivity contribution in [1.29, 1.82) is 0 Å². The topological polar surface area (TPSA) is 110 Å². The number of amides is 2. The average molecular weight is 462 g/mol. The number of primary sulfonamides is 1. The lowest BCUT2D eigenvalue weighted by Gasteiger charge is -2.28. The van der Waals surface area contributed by atoms with Crippen molar-refractivity contribution in [1.82, 2.24) is 5.32 Å². The maximum absolute atomic E-state index is 13.0. The van der Waals surface area contributed by atoms with Crippen molar-refractivity contribution in [2.45, 2.75) is 54.2 Å². The van der Waals surface area contributed by atoms with Crippen molar-refractivity contribution in [2.75, 3.05) is 11.4 Å². The van der Waals surface area contributed by atoms with Gasteiger partial charge in [0, 0.05) is 22.6 Å². The highest BCUT2D eigenvalue weighted by Gasteiger charge is 2.37. The Bertz CT molecular complexity index is 1080. The highest BCUT2D eigenvalue weighted by molar-refractivity contribution is 8.00. The van der Waals surface area contributed by atoms with E-state index in [-0.39, 0.29) is 21.5 Å². The summed E-state index contributed by atoms with van der Waals surface area (Å²) in [5, 5.41) is 7.99. The fourth-order valence-corrected chi connectivity index (χ4v) is 5.25. The van der Waals surface area contributed by atoms with Crippen LogP contribution < -0.4 is 15.4 Å². The Kier molecular flexibility index (Phi) is 6.78. The van der Waals surface area contributed by atoms with E-state index in [0.29, 0.717) is 19.4 Å². The number of nitrogens with zero attached hydrogens (tertiary/aromatic N) is 1. The number of fused-ring (bicyclic) bond motifs is 1. The summed E-state index contributed by atoms with van der Waals surface area (Å²) in [6.07, 6.45) is 0.858. The van der Waals surface area contributed by atoms with Gasteiger partial charge < -0.3 is 5.32 Å². The van der Waals surface area contributed by atoms with Crippen LogP contribution in [0.25, 0.3) is 0 Å². The third kappa shape index (κ3) is 5.66. The van der Waals surface area contributed by atoms with Gasteiger partial charge >= 0.3 is 0 Å². The van der Waals surface area contributed by atoms with Gasteiger partial charge in [0.25, 0.3) is 0 Å². The number of para-hydroxylation sites is 1. The molecular formula is C22H27N3O4S2. The van der Waals surface area contributed by atoms with Crippen LogP contribution in [0.4, 0.5) is 5.69 Å². The van der Waals surface area contributed by atoms with Gasteiger partial charge in [-0.15, -0.1) is 11.8 Å². The van der Waals surface area contributed by atoms with Crippen molar-refractivity contribution in [3.63, 3.8) is 0 Å². The Balaban J connectivity index is 1.67. The van der Waals surface area contributed by atoms with Gasteiger partial charge in [-0.05, 0) is 57.0 Å². The molecule has 0 radical (unpaired) electrons. The number of sulfonamides is 1. The van der Waals surface area contributed by atoms with Gasteiger partial charge in [-0.3, -0.25) is 14.5 Å². The lowest BCUT2D eigenvalue weighted by atomic mass is 10.1. The molecular weight excluding hydrogens is 434 g/mol. The van der Waals surface area contributed by atoms with E-state index < -0.39 is 16.1 Å². The number of hydrogen-bond donors (Lipinski definition) is 2. The molecule has 1 atom stereocenters. The number of anilines is 1. The fourth-order valence-electron chi connectivity index (χ4n) is 3.53. The SMILES string of the molecule is C[C@H](C(=O)NCCc1ccc(S(N)(=O)=O)cc1)N1C(=O)CC(C)(C)Sc2ccccc21. The van der Waals surface area contributed by atoms with Gasteiger partial charge in [-0.25, -0.2) is 13.6 Å². The molecule has 2 aromatic rings. The van der Waals surface area contributed by atoms with Gasteiger partial charge in [0.05, 0.1) is 10.6 Å². The van der Waals surface area contributed by atoms with Crippen LogP contribution >= 0.6 is 11.8 Å². The number of carbonyl (C=O) groups excluding carboxylic acids is 2. The summed E-state index contributed by atoms with van der Waals surface area (Å²) in [5.41, 5.74) is 1.62. The number of nitrogens with one attached hydrogen (secondary N) is 1. The minimum Gasteiger partial charge on any atom is -0.354 e. The number of hydrogen-bond acceptors (Lipinski definition) is 5. The largest absolute Gasteiger partial charge is 0.354 e. The van der Waals surface area contributed by atoms with Crippen molar-refractivity contribution >= 4 is 39.3 Å². The maximum atomic E-state index is 13.0. The maximum Gasteiger partial charge on any atom is 0.242 e. The number of carbonyl (C=O) groups is 2. The summed E-state index contributed by atoms with van der Waals surface area (Å²) in [4.78, 5) is 28.5. The Hall–Kier alpha value is -2.36. The van der Waals surface area contributed by atoms with E-state index in [2.05, 4.69) is 5.32 Å². The molecule has 1 heterocycles. The van der Waals surface area contributed by atoms with E-state index in [1.54, 1.807) is 35.7 Å². The van der Waals surface area contributed by atoms with Crippen LogP contribution in [0.2, 0.25) is 0 Å². The molecule has 1 aliphatic rings. The second kappa shape index (κ2) is 9.02. The molecule has 3 N–H and O–H groups in total. The normalized spacial score (nSPS) is 16.9. The molecule has 166 valence electrons. The molecule has 0 saturated heterocycles. The number of thioether (sulfide) groups is 1. The third-order valence-electron chi connectivity index (χ3n) is 5.09. The van der Waals surface area contributed by atoms with Crippen LogP contribution in [-0.2, 0) is 26.0 Å². The Morgan fingerprint density at radius 3 is 2.48 bits per heavy atom. The lowest BCUT2D eigenvalue weighted by Crippen LogP contribution is -2.49. The van der Waals surface area contributed by atoms with Crippen molar-refractivity contribution in [3.05, 3.63) is 54.1 Å². The summed E-state index contributed by atoms with van der Waals surface area (Å²) in [7, 11) is -3.73. The second-order valence-corrected chi connectivity index (χ2v) is 11.5. The highest BCUT2D eigenvalue weighted by Crippen LogP contribution is 2.44. The van der Waals surface area contributed by atoms with Crippen LogP contribution in [0.1, 0.15) is 32.8 Å². The Labute approximate surface area is 187 Å². The van der Waals surface area contributed by atoms with Crippen LogP contribution in [0.15, 0.2) is 58.3 Å². The predicted octanol–water partition coefficient (Wildman–Crippen LogP) is 2.69. The zero-order valence-corrected chi connectivity index (χ0v) is 19.4. The van der Waals surface area contributed by atoms with E-state index >= 15 is 0 Å². The van der Waals surface area contributed by atoms with E-state index in [1.807, 2.05) is 38.1 Å². The zero-order valence-electron chi connectivity index (χ0n) is 17.8. The van der Waals surface area contributed by atoms with Gasteiger partial charge in [0.15, 0.2) is 0 Å². The predicted molar refractivity (Wildman–Crippen MR) is 122 cm³/mol. The molecule has 2 amide bonds. The molecule has 0 aliphatic carbocycles. The molecule has 0 fully saturated rings. The smallest absolute Gasteiger partial charge is 0.242 e. The van der Waals surface area contributed by atoms with Gasteiger partial charge in [0.1, 0.15) is 6.04 Å². The number of rotatable bonds is 6. The first-order chi connectivity index (χ1) is 14.5. The number of nitrogens with two attached hydrogens (primary N) is 1. The molecule has 3 rings (SSSR count). The van der Waals surface area contributed by atoms with E-state index in [0.717, 1.165) is 16.1 Å². The molecule has 9 heteroatoms. The first-order valence-electron chi connectivity index (χ1n) is 9.97. The molecule has 2 aromatic carbocycles. The monoisotopic (exact) mass is 461 g/mol. The van der Waals surface area contributed by atoms with E-state index in [9.17, 15) is 18.0 Å². The third-order valence-corrected chi connectivity index (χ3v) is 7.28. The first kappa shape index (κ1) is 23.3. The molecule has 0 unspecified atom stereocenters. The molecule has 0 saturated carbocycles. The minimum atomic E-state index is -3.73. The standard InChI is InChI=1S/C22H27N3O4S2/c1-15(21(27)24-13-12-16-8-10-17(11-9-16)31(23,28)29)25-18-6-4-5-7-19(18)30-22(2,3)14-20(25)26/h4-11,15H,12-14H2,1-3H3,(H,24,27)(H2,23,28,29)/t15-/m1/s1. The zero-order chi connectivity index (χ0) is 22.8. The highest BCUT2D eigenvalue weighted by atomic mass is 32.2. The summed E-state index contributed by atoms with van der Waals surface area (Å²) < 4.78 is 22.4. The Morgan fingerprint density at radius 1 is 1.19 bits per heavy atom. The Morgan fingerprint density at radius 2 is 1.84 bits per heavy atom. The van der Waals surface area contributed by atoms with Crippen LogP contribution in [0.5, 0.6) is 0 Å². The van der Waals surface area contributed by atoms with E-state index in [4.69, 9.17) is 5.14 Å². The molecule has 1 aliphatic heterocycles. The van der Waals surface area contributed by atoms with Crippen LogP contribution in [0, 0.1) is 0 Å². The summed E-state index contributed by atoms with van der Waals surface area (Å²) in [5.74, 6) is -0.322. The molecule has 7 nitrogen and oxygen atoms in total. The van der Waals surface area contributed by atoms with Gasteiger partial charge in [-0.2, -0.15) is 0 Å². The van der Waals surface area contributed by atoms with Gasteiger partial charge in [0.2, 0.25) is 21.8 Å². The molecule has 31 heavy (non-hydrogen) atoms. The first-order valence-corrected chi connectivity index (χ1v) is 12.3. The molecule has 0 spiro atoms.